The molecule has 1 fully saturated rings. The summed E-state index contributed by atoms with van der Waals surface area (Å²) in [6, 6.07) is 14.6. The highest BCUT2D eigenvalue weighted by molar-refractivity contribution is 6.30. The Morgan fingerprint density at radius 3 is 2.59 bits per heavy atom. The summed E-state index contributed by atoms with van der Waals surface area (Å²) in [6.45, 7) is 4.23. The van der Waals surface area contributed by atoms with E-state index in [9.17, 15) is 9.59 Å². The summed E-state index contributed by atoms with van der Waals surface area (Å²) in [5, 5.41) is 0.578. The fourth-order valence-corrected chi connectivity index (χ4v) is 5.61. The first-order valence-corrected chi connectivity index (χ1v) is 14.2. The minimum atomic E-state index is -0.166. The number of ether oxygens (including phenoxy) is 2. The highest BCUT2D eigenvalue weighted by atomic mass is 35.5. The predicted molar refractivity (Wildman–Crippen MR) is 146 cm³/mol. The van der Waals surface area contributed by atoms with Crippen LogP contribution in [-0.2, 0) is 4.79 Å². The van der Waals surface area contributed by atoms with Gasteiger partial charge in [-0.3, -0.25) is 9.59 Å². The molecule has 0 unspecified atom stereocenters. The minimum Gasteiger partial charge on any atom is -0.487 e. The van der Waals surface area contributed by atoms with Crippen molar-refractivity contribution in [1.29, 1.82) is 0 Å². The number of benzene rings is 2. The highest BCUT2D eigenvalue weighted by Crippen LogP contribution is 2.31. The molecule has 200 valence electrons. The maximum Gasteiger partial charge on any atom is 0.260 e. The zero-order chi connectivity index (χ0) is 26.0. The lowest BCUT2D eigenvalue weighted by atomic mass is 9.90. The van der Waals surface area contributed by atoms with Crippen molar-refractivity contribution in [2.45, 2.75) is 76.9 Å². The Balaban J connectivity index is 1.57. The van der Waals surface area contributed by atoms with Crippen LogP contribution >= 0.6 is 11.6 Å². The number of carbonyl (C=O) groups excluding carboxylic acids is 2. The number of fused-ring (bicyclic) bond motifs is 2. The molecule has 1 saturated carbocycles. The van der Waals surface area contributed by atoms with E-state index in [1.807, 2.05) is 46.2 Å². The molecular formula is C30H39ClN2O4. The first kappa shape index (κ1) is 27.3. The van der Waals surface area contributed by atoms with Gasteiger partial charge in [0.15, 0.2) is 6.61 Å². The van der Waals surface area contributed by atoms with E-state index in [0.717, 1.165) is 70.9 Å². The van der Waals surface area contributed by atoms with E-state index in [1.54, 1.807) is 12.1 Å². The number of hydrogen-bond acceptors (Lipinski definition) is 4. The number of carbonyl (C=O) groups is 2. The number of rotatable bonds is 5. The van der Waals surface area contributed by atoms with Gasteiger partial charge in [0.2, 0.25) is 0 Å². The van der Waals surface area contributed by atoms with Gasteiger partial charge < -0.3 is 19.3 Å². The number of nitrogens with zero attached hydrogens (tertiary/aromatic N) is 2. The Labute approximate surface area is 225 Å². The molecule has 7 heteroatoms. The van der Waals surface area contributed by atoms with Crippen LogP contribution in [-0.4, -0.2) is 60.0 Å². The summed E-state index contributed by atoms with van der Waals surface area (Å²) in [6.07, 6.45) is 8.50. The van der Waals surface area contributed by atoms with E-state index in [4.69, 9.17) is 21.1 Å². The van der Waals surface area contributed by atoms with Crippen LogP contribution in [0.3, 0.4) is 0 Å². The first-order valence-electron chi connectivity index (χ1n) is 13.8. The molecule has 2 atom stereocenters. The molecule has 0 aromatic heterocycles. The zero-order valence-corrected chi connectivity index (χ0v) is 22.6. The van der Waals surface area contributed by atoms with Crippen LogP contribution in [0, 0.1) is 0 Å². The van der Waals surface area contributed by atoms with Gasteiger partial charge in [0, 0.05) is 24.7 Å². The molecule has 0 bridgehead atoms. The van der Waals surface area contributed by atoms with Crippen LogP contribution in [0.1, 0.15) is 75.1 Å². The first-order chi connectivity index (χ1) is 18.1. The molecule has 0 radical (unpaired) electrons. The van der Waals surface area contributed by atoms with Gasteiger partial charge in [0.05, 0.1) is 11.6 Å². The van der Waals surface area contributed by atoms with Gasteiger partial charge >= 0.3 is 0 Å². The summed E-state index contributed by atoms with van der Waals surface area (Å²) in [7, 11) is 0. The molecule has 1 aliphatic heterocycles. The number of halogens is 1. The van der Waals surface area contributed by atoms with E-state index in [-0.39, 0.29) is 30.6 Å². The SMILES string of the molecule is CCCN1CCCCCCN(C(=O)COc2cccc(Cl)c2)[C@@H]2CCCC[C@@H]2Oc2ccccc2C1=O. The second-order valence-corrected chi connectivity index (χ2v) is 10.5. The van der Waals surface area contributed by atoms with Crippen molar-refractivity contribution in [3.8, 4) is 11.5 Å². The summed E-state index contributed by atoms with van der Waals surface area (Å²) >= 11 is 6.09. The Bertz CT molecular complexity index is 1050. The number of amides is 2. The molecule has 4 rings (SSSR count). The van der Waals surface area contributed by atoms with Crippen LogP contribution in [0.5, 0.6) is 11.5 Å². The van der Waals surface area contributed by atoms with Crippen molar-refractivity contribution in [2.24, 2.45) is 0 Å². The van der Waals surface area contributed by atoms with Crippen LogP contribution in [0.2, 0.25) is 5.02 Å². The summed E-state index contributed by atoms with van der Waals surface area (Å²) < 4.78 is 12.4. The lowest BCUT2D eigenvalue weighted by Crippen LogP contribution is -2.52. The third-order valence-corrected chi connectivity index (χ3v) is 7.54. The quantitative estimate of drug-likeness (QED) is 0.454. The van der Waals surface area contributed by atoms with Gasteiger partial charge in [-0.05, 0) is 68.9 Å². The number of para-hydroxylation sites is 1. The predicted octanol–water partition coefficient (Wildman–Crippen LogP) is 6.36. The Morgan fingerprint density at radius 1 is 1.00 bits per heavy atom. The fraction of sp³-hybridized carbons (Fsp3) is 0.533. The summed E-state index contributed by atoms with van der Waals surface area (Å²) in [4.78, 5) is 31.0. The summed E-state index contributed by atoms with van der Waals surface area (Å²) in [5.41, 5.74) is 0.611. The van der Waals surface area contributed by atoms with Gasteiger partial charge in [-0.1, -0.05) is 56.0 Å². The molecular weight excluding hydrogens is 488 g/mol. The third-order valence-electron chi connectivity index (χ3n) is 7.30. The van der Waals surface area contributed by atoms with Crippen molar-refractivity contribution in [1.82, 2.24) is 9.80 Å². The van der Waals surface area contributed by atoms with Gasteiger partial charge in [-0.2, -0.15) is 0 Å². The van der Waals surface area contributed by atoms with Crippen LogP contribution in [0.25, 0.3) is 0 Å². The number of hydrogen-bond donors (Lipinski definition) is 0. The van der Waals surface area contributed by atoms with Gasteiger partial charge in [0.25, 0.3) is 11.8 Å². The normalized spacial score (nSPS) is 21.3. The van der Waals surface area contributed by atoms with Crippen molar-refractivity contribution in [3.63, 3.8) is 0 Å². The second kappa shape index (κ2) is 13.7. The lowest BCUT2D eigenvalue weighted by Gasteiger charge is -2.40. The molecule has 2 amide bonds. The largest absolute Gasteiger partial charge is 0.487 e. The molecule has 1 aliphatic carbocycles. The monoisotopic (exact) mass is 526 g/mol. The van der Waals surface area contributed by atoms with E-state index >= 15 is 0 Å². The second-order valence-electron chi connectivity index (χ2n) is 10.0. The molecule has 2 aromatic rings. The minimum absolute atomic E-state index is 0.0322. The standard InChI is InChI=1S/C30H39ClN2O4/c1-2-18-32-19-9-3-4-10-20-33(29(34)22-36-24-13-11-12-23(31)21-24)26-15-6-8-17-28(26)37-27-16-7-5-14-25(27)30(32)35/h5,7,11-14,16,21,26,28H,2-4,6,8-10,15,17-20,22H2,1H3/t26-,28+/m1/s1. The molecule has 0 saturated heterocycles. The Morgan fingerprint density at radius 2 is 1.78 bits per heavy atom. The van der Waals surface area contributed by atoms with E-state index < -0.39 is 0 Å². The van der Waals surface area contributed by atoms with E-state index in [2.05, 4.69) is 6.92 Å². The van der Waals surface area contributed by atoms with Gasteiger partial charge in [-0.15, -0.1) is 0 Å². The molecule has 2 aliphatic rings. The third kappa shape index (κ3) is 7.41. The van der Waals surface area contributed by atoms with Crippen LogP contribution in [0.15, 0.2) is 48.5 Å². The van der Waals surface area contributed by atoms with Crippen molar-refractivity contribution < 1.29 is 19.1 Å². The Hall–Kier alpha value is -2.73. The maximum absolute atomic E-state index is 13.5. The van der Waals surface area contributed by atoms with Crippen LogP contribution in [0.4, 0.5) is 0 Å². The zero-order valence-electron chi connectivity index (χ0n) is 21.9. The van der Waals surface area contributed by atoms with Crippen molar-refractivity contribution in [2.75, 3.05) is 26.2 Å². The van der Waals surface area contributed by atoms with E-state index in [0.29, 0.717) is 28.6 Å². The summed E-state index contributed by atoms with van der Waals surface area (Å²) in [5.74, 6) is 1.20. The molecule has 2 aromatic carbocycles. The average molecular weight is 527 g/mol. The Kier molecular flexibility index (Phi) is 10.1. The van der Waals surface area contributed by atoms with Crippen molar-refractivity contribution >= 4 is 23.4 Å². The molecule has 37 heavy (non-hydrogen) atoms. The van der Waals surface area contributed by atoms with Crippen LogP contribution < -0.4 is 9.47 Å². The lowest BCUT2D eigenvalue weighted by molar-refractivity contribution is -0.139. The maximum atomic E-state index is 13.5. The molecule has 6 nitrogen and oxygen atoms in total. The van der Waals surface area contributed by atoms with Gasteiger partial charge in [-0.25, -0.2) is 0 Å². The molecule has 0 spiro atoms. The average Bonchev–Trinajstić information content (AvgIpc) is 2.91. The van der Waals surface area contributed by atoms with Gasteiger partial charge in [0.1, 0.15) is 17.6 Å². The molecule has 1 heterocycles. The molecule has 0 N–H and O–H groups in total. The fourth-order valence-electron chi connectivity index (χ4n) is 5.43. The highest BCUT2D eigenvalue weighted by Gasteiger charge is 2.35. The van der Waals surface area contributed by atoms with E-state index in [1.165, 1.54) is 0 Å². The van der Waals surface area contributed by atoms with Crippen molar-refractivity contribution in [3.05, 3.63) is 59.1 Å². The topological polar surface area (TPSA) is 59.1 Å². The smallest absolute Gasteiger partial charge is 0.260 e.